The molecule has 0 aliphatic carbocycles. The van der Waals surface area contributed by atoms with E-state index in [-0.39, 0.29) is 28.3 Å². The van der Waals surface area contributed by atoms with Gasteiger partial charge in [0.15, 0.2) is 0 Å². The number of carbonyl (C=O) groups excluding carboxylic acids is 1. The lowest BCUT2D eigenvalue weighted by Crippen LogP contribution is -2.32. The Morgan fingerprint density at radius 3 is 2.04 bits per heavy atom. The fraction of sp³-hybridized carbons (Fsp3) is 0.350. The molecule has 0 spiro atoms. The van der Waals surface area contributed by atoms with Gasteiger partial charge < -0.3 is 5.32 Å². The lowest BCUT2D eigenvalue weighted by atomic mass is 9.93. The third-order valence-electron chi connectivity index (χ3n) is 4.43. The first-order chi connectivity index (χ1) is 12.5. The second-order valence-electron chi connectivity index (χ2n) is 7.20. The Hall–Kier alpha value is -1.70. The maximum atomic E-state index is 12.8. The Morgan fingerprint density at radius 2 is 1.56 bits per heavy atom. The van der Waals surface area contributed by atoms with E-state index in [1.807, 2.05) is 26.0 Å². The molecule has 2 aromatic carbocycles. The molecule has 27 heavy (non-hydrogen) atoms. The first-order valence-electron chi connectivity index (χ1n) is 8.73. The number of nitrogens with one attached hydrogen (secondary N) is 1. The van der Waals surface area contributed by atoms with Crippen molar-refractivity contribution in [2.45, 2.75) is 44.6 Å². The highest BCUT2D eigenvalue weighted by Gasteiger charge is 2.22. The average Bonchev–Trinajstić information content (AvgIpc) is 2.58. The van der Waals surface area contributed by atoms with Gasteiger partial charge in [-0.2, -0.15) is 0 Å². The van der Waals surface area contributed by atoms with Crippen LogP contribution >= 0.6 is 15.9 Å². The standard InChI is InChI=1S/C20H25BrN2O3S/c1-12(2)14-5-7-15(8-6-14)19(13(3)4)23-20(24)17-11-16(27(22,25)26)9-10-18(17)21/h5-13,19H,1-4H3,(H,23,24)(H2,22,25,26). The molecule has 2 rings (SSSR count). The van der Waals surface area contributed by atoms with Gasteiger partial charge in [0.25, 0.3) is 5.91 Å². The van der Waals surface area contributed by atoms with E-state index >= 15 is 0 Å². The first kappa shape index (κ1) is 21.6. The Morgan fingerprint density at radius 1 is 1.00 bits per heavy atom. The number of primary sulfonamides is 1. The number of amides is 1. The SMILES string of the molecule is CC(C)c1ccc(C(NC(=O)c2cc(S(N)(=O)=O)ccc2Br)C(C)C)cc1. The maximum Gasteiger partial charge on any atom is 0.252 e. The van der Waals surface area contributed by atoms with Crippen LogP contribution in [0.15, 0.2) is 51.8 Å². The molecule has 5 nitrogen and oxygen atoms in total. The largest absolute Gasteiger partial charge is 0.345 e. The van der Waals surface area contributed by atoms with Gasteiger partial charge in [-0.05, 0) is 57.1 Å². The second-order valence-corrected chi connectivity index (χ2v) is 9.62. The Kier molecular flexibility index (Phi) is 6.83. The molecule has 7 heteroatoms. The number of nitrogens with two attached hydrogens (primary N) is 1. The highest BCUT2D eigenvalue weighted by atomic mass is 79.9. The molecule has 2 aromatic rings. The smallest absolute Gasteiger partial charge is 0.252 e. The Labute approximate surface area is 169 Å². The maximum absolute atomic E-state index is 12.8. The molecule has 0 aliphatic heterocycles. The van der Waals surface area contributed by atoms with E-state index in [4.69, 9.17) is 5.14 Å². The normalized spacial score (nSPS) is 13.0. The third-order valence-corrected chi connectivity index (χ3v) is 6.03. The number of rotatable bonds is 6. The Bertz CT molecular complexity index is 923. The van der Waals surface area contributed by atoms with Gasteiger partial charge >= 0.3 is 0 Å². The topological polar surface area (TPSA) is 89.3 Å². The zero-order valence-electron chi connectivity index (χ0n) is 15.9. The van der Waals surface area contributed by atoms with Crippen LogP contribution in [0.1, 0.15) is 61.1 Å². The minimum Gasteiger partial charge on any atom is -0.345 e. The molecular weight excluding hydrogens is 428 g/mol. The van der Waals surface area contributed by atoms with Crippen LogP contribution in [0.2, 0.25) is 0 Å². The van der Waals surface area contributed by atoms with Crippen molar-refractivity contribution in [1.82, 2.24) is 5.32 Å². The van der Waals surface area contributed by atoms with Crippen LogP contribution < -0.4 is 10.5 Å². The van der Waals surface area contributed by atoms with Crippen LogP contribution in [0.4, 0.5) is 0 Å². The highest BCUT2D eigenvalue weighted by molar-refractivity contribution is 9.10. The van der Waals surface area contributed by atoms with Crippen LogP contribution in [0.25, 0.3) is 0 Å². The van der Waals surface area contributed by atoms with Gasteiger partial charge in [-0.15, -0.1) is 0 Å². The molecule has 3 N–H and O–H groups in total. The first-order valence-corrected chi connectivity index (χ1v) is 11.1. The molecule has 0 saturated carbocycles. The molecule has 0 bridgehead atoms. The number of hydrogen-bond acceptors (Lipinski definition) is 3. The molecule has 0 fully saturated rings. The summed E-state index contributed by atoms with van der Waals surface area (Å²) in [7, 11) is -3.89. The zero-order valence-corrected chi connectivity index (χ0v) is 18.3. The van der Waals surface area contributed by atoms with Gasteiger partial charge in [0.05, 0.1) is 16.5 Å². The van der Waals surface area contributed by atoms with Crippen molar-refractivity contribution in [3.05, 3.63) is 63.6 Å². The summed E-state index contributed by atoms with van der Waals surface area (Å²) in [5, 5.41) is 8.19. The van der Waals surface area contributed by atoms with Crippen molar-refractivity contribution in [3.8, 4) is 0 Å². The average molecular weight is 453 g/mol. The number of hydrogen-bond donors (Lipinski definition) is 2. The van der Waals surface area contributed by atoms with Gasteiger partial charge in [0.2, 0.25) is 10.0 Å². The number of sulfonamides is 1. The van der Waals surface area contributed by atoms with Crippen molar-refractivity contribution in [2.75, 3.05) is 0 Å². The number of carbonyl (C=O) groups is 1. The van der Waals surface area contributed by atoms with Crippen LogP contribution in [0, 0.1) is 5.92 Å². The van der Waals surface area contributed by atoms with Crippen molar-refractivity contribution in [1.29, 1.82) is 0 Å². The summed E-state index contributed by atoms with van der Waals surface area (Å²) in [5.74, 6) is 0.223. The predicted molar refractivity (Wildman–Crippen MR) is 111 cm³/mol. The predicted octanol–water partition coefficient (Wildman–Crippen LogP) is 4.35. The Balaban J connectivity index is 2.33. The molecule has 0 aliphatic rings. The minimum atomic E-state index is -3.89. The third kappa shape index (κ3) is 5.40. The molecule has 0 radical (unpaired) electrons. The molecule has 1 amide bonds. The molecule has 1 atom stereocenters. The summed E-state index contributed by atoms with van der Waals surface area (Å²) in [6.07, 6.45) is 0. The van der Waals surface area contributed by atoms with Crippen molar-refractivity contribution in [3.63, 3.8) is 0 Å². The van der Waals surface area contributed by atoms with E-state index < -0.39 is 10.0 Å². The van der Waals surface area contributed by atoms with E-state index in [9.17, 15) is 13.2 Å². The molecule has 0 aromatic heterocycles. The molecule has 1 unspecified atom stereocenters. The van der Waals surface area contributed by atoms with E-state index in [1.165, 1.54) is 23.8 Å². The quantitative estimate of drug-likeness (QED) is 0.682. The van der Waals surface area contributed by atoms with E-state index in [2.05, 4.69) is 47.2 Å². The van der Waals surface area contributed by atoms with Crippen LogP contribution in [-0.2, 0) is 10.0 Å². The minimum absolute atomic E-state index is 0.0989. The highest BCUT2D eigenvalue weighted by Crippen LogP contribution is 2.26. The van der Waals surface area contributed by atoms with Crippen LogP contribution in [-0.4, -0.2) is 14.3 Å². The summed E-state index contributed by atoms with van der Waals surface area (Å²) in [5.41, 5.74) is 2.46. The number of halogens is 1. The van der Waals surface area contributed by atoms with Gasteiger partial charge in [0.1, 0.15) is 0 Å². The lowest BCUT2D eigenvalue weighted by molar-refractivity contribution is 0.0924. The summed E-state index contributed by atoms with van der Waals surface area (Å²) >= 11 is 3.31. The summed E-state index contributed by atoms with van der Waals surface area (Å²) in [6.45, 7) is 8.31. The van der Waals surface area contributed by atoms with Gasteiger partial charge in [-0.25, -0.2) is 13.6 Å². The van der Waals surface area contributed by atoms with Gasteiger partial charge in [-0.1, -0.05) is 52.0 Å². The zero-order chi connectivity index (χ0) is 20.4. The van der Waals surface area contributed by atoms with E-state index in [0.717, 1.165) is 5.56 Å². The fourth-order valence-corrected chi connectivity index (χ4v) is 3.76. The summed E-state index contributed by atoms with van der Waals surface area (Å²) in [6, 6.07) is 12.1. The van der Waals surface area contributed by atoms with Crippen LogP contribution in [0.3, 0.4) is 0 Å². The van der Waals surface area contributed by atoms with Crippen molar-refractivity contribution < 1.29 is 13.2 Å². The van der Waals surface area contributed by atoms with E-state index in [0.29, 0.717) is 10.4 Å². The fourth-order valence-electron chi connectivity index (χ4n) is 2.80. The van der Waals surface area contributed by atoms with Gasteiger partial charge in [0, 0.05) is 4.47 Å². The molecule has 0 saturated heterocycles. The second kappa shape index (κ2) is 8.54. The molecule has 146 valence electrons. The summed E-state index contributed by atoms with van der Waals surface area (Å²) in [4.78, 5) is 12.7. The molecular formula is C20H25BrN2O3S. The lowest BCUT2D eigenvalue weighted by Gasteiger charge is -2.24. The van der Waals surface area contributed by atoms with Crippen molar-refractivity contribution in [2.24, 2.45) is 11.1 Å². The van der Waals surface area contributed by atoms with Crippen LogP contribution in [0.5, 0.6) is 0 Å². The number of benzene rings is 2. The van der Waals surface area contributed by atoms with Crippen molar-refractivity contribution >= 4 is 31.9 Å². The monoisotopic (exact) mass is 452 g/mol. The van der Waals surface area contributed by atoms with E-state index in [1.54, 1.807) is 0 Å². The molecule has 0 heterocycles. The van der Waals surface area contributed by atoms with Gasteiger partial charge in [-0.3, -0.25) is 4.79 Å². The summed E-state index contributed by atoms with van der Waals surface area (Å²) < 4.78 is 23.7.